The van der Waals surface area contributed by atoms with E-state index in [-0.39, 0.29) is 11.5 Å². The highest BCUT2D eigenvalue weighted by Gasteiger charge is 2.17. The molecule has 0 fully saturated rings. The van der Waals surface area contributed by atoms with Crippen LogP contribution in [-0.2, 0) is 13.0 Å². The number of nitrogens with one attached hydrogen (secondary N) is 1. The van der Waals surface area contributed by atoms with Crippen LogP contribution in [0.3, 0.4) is 0 Å². The molecule has 1 aromatic heterocycles. The summed E-state index contributed by atoms with van der Waals surface area (Å²) >= 11 is 0. The normalized spacial score (nSPS) is 11.1. The van der Waals surface area contributed by atoms with Crippen LogP contribution in [0, 0.1) is 10.1 Å². The molecule has 0 bridgehead atoms. The fourth-order valence-electron chi connectivity index (χ4n) is 3.16. The second kappa shape index (κ2) is 9.30. The molecule has 132 valence electrons. The highest BCUT2D eigenvalue weighted by Crippen LogP contribution is 2.31. The number of rotatable bonds is 11. The first-order valence-electron chi connectivity index (χ1n) is 9.14. The van der Waals surface area contributed by atoms with Crippen LogP contribution in [0.2, 0.25) is 0 Å². The zero-order valence-corrected chi connectivity index (χ0v) is 14.9. The van der Waals surface area contributed by atoms with Gasteiger partial charge < -0.3 is 9.88 Å². The summed E-state index contributed by atoms with van der Waals surface area (Å²) in [5, 5.41) is 15.6. The predicted molar refractivity (Wildman–Crippen MR) is 100 cm³/mol. The molecule has 0 radical (unpaired) electrons. The lowest BCUT2D eigenvalue weighted by molar-refractivity contribution is -0.479. The van der Waals surface area contributed by atoms with Crippen molar-refractivity contribution in [2.75, 3.05) is 18.4 Å². The SMILES string of the molecule is CCCCCNc1c(CC[N+](=O)[O-])c2ccccc2n1CCCC. The second-order valence-electron chi connectivity index (χ2n) is 6.29. The number of hydrogen-bond donors (Lipinski definition) is 1. The largest absolute Gasteiger partial charge is 0.371 e. The number of anilines is 1. The first-order valence-corrected chi connectivity index (χ1v) is 9.14. The minimum Gasteiger partial charge on any atom is -0.371 e. The Bertz CT molecular complexity index is 664. The van der Waals surface area contributed by atoms with E-state index < -0.39 is 0 Å². The molecule has 1 N–H and O–H groups in total. The third-order valence-corrected chi connectivity index (χ3v) is 4.43. The van der Waals surface area contributed by atoms with Gasteiger partial charge in [0.2, 0.25) is 6.54 Å². The summed E-state index contributed by atoms with van der Waals surface area (Å²) in [6.07, 6.45) is 6.23. The highest BCUT2D eigenvalue weighted by atomic mass is 16.6. The Kier molecular flexibility index (Phi) is 7.09. The van der Waals surface area contributed by atoms with Crippen molar-refractivity contribution in [3.8, 4) is 0 Å². The van der Waals surface area contributed by atoms with E-state index in [0.717, 1.165) is 49.1 Å². The number of fused-ring (bicyclic) bond motifs is 1. The number of nitrogens with zero attached hydrogens (tertiary/aromatic N) is 2. The van der Waals surface area contributed by atoms with Gasteiger partial charge in [-0.05, 0) is 18.9 Å². The quantitative estimate of drug-likeness (QED) is 0.363. The van der Waals surface area contributed by atoms with E-state index >= 15 is 0 Å². The molecular formula is C19H29N3O2. The maximum atomic E-state index is 10.9. The van der Waals surface area contributed by atoms with Gasteiger partial charge in [0.25, 0.3) is 0 Å². The molecule has 1 aromatic carbocycles. The fraction of sp³-hybridized carbons (Fsp3) is 0.579. The zero-order valence-electron chi connectivity index (χ0n) is 14.9. The summed E-state index contributed by atoms with van der Waals surface area (Å²) in [5.74, 6) is 1.09. The lowest BCUT2D eigenvalue weighted by atomic mass is 10.1. The summed E-state index contributed by atoms with van der Waals surface area (Å²) in [6.45, 7) is 6.23. The number of nitro groups is 1. The summed E-state index contributed by atoms with van der Waals surface area (Å²) in [7, 11) is 0. The molecular weight excluding hydrogens is 302 g/mol. The monoisotopic (exact) mass is 331 g/mol. The van der Waals surface area contributed by atoms with Gasteiger partial charge in [0.05, 0.1) is 0 Å². The van der Waals surface area contributed by atoms with Crippen molar-refractivity contribution in [3.05, 3.63) is 39.9 Å². The first kappa shape index (κ1) is 18.3. The van der Waals surface area contributed by atoms with Crippen molar-refractivity contribution in [1.29, 1.82) is 0 Å². The molecule has 0 unspecified atom stereocenters. The maximum Gasteiger partial charge on any atom is 0.208 e. The summed E-state index contributed by atoms with van der Waals surface area (Å²) in [6, 6.07) is 8.27. The highest BCUT2D eigenvalue weighted by molar-refractivity contribution is 5.90. The third-order valence-electron chi connectivity index (χ3n) is 4.43. The number of aromatic nitrogens is 1. The van der Waals surface area contributed by atoms with Gasteiger partial charge in [0.15, 0.2) is 0 Å². The van der Waals surface area contributed by atoms with Crippen molar-refractivity contribution < 1.29 is 4.92 Å². The molecule has 0 aliphatic carbocycles. The molecule has 5 heteroatoms. The summed E-state index contributed by atoms with van der Waals surface area (Å²) < 4.78 is 2.32. The molecule has 5 nitrogen and oxygen atoms in total. The van der Waals surface area contributed by atoms with E-state index in [1.165, 1.54) is 18.4 Å². The van der Waals surface area contributed by atoms with Crippen LogP contribution in [0.25, 0.3) is 10.9 Å². The zero-order chi connectivity index (χ0) is 17.4. The van der Waals surface area contributed by atoms with Crippen molar-refractivity contribution in [2.24, 2.45) is 0 Å². The van der Waals surface area contributed by atoms with Gasteiger partial charge >= 0.3 is 0 Å². The van der Waals surface area contributed by atoms with E-state index in [1.807, 2.05) is 12.1 Å². The van der Waals surface area contributed by atoms with Crippen LogP contribution < -0.4 is 5.32 Å². The average molecular weight is 331 g/mol. The number of benzene rings is 1. The second-order valence-corrected chi connectivity index (χ2v) is 6.29. The van der Waals surface area contributed by atoms with Gasteiger partial charge in [0.1, 0.15) is 5.82 Å². The van der Waals surface area contributed by atoms with Crippen LogP contribution in [0.1, 0.15) is 51.5 Å². The molecule has 1 heterocycles. The van der Waals surface area contributed by atoms with Crippen LogP contribution in [-0.4, -0.2) is 22.6 Å². The van der Waals surface area contributed by atoms with E-state index in [2.05, 4.69) is 35.9 Å². The Labute approximate surface area is 144 Å². The molecule has 2 rings (SSSR count). The number of para-hydroxylation sites is 1. The molecule has 2 aromatic rings. The van der Waals surface area contributed by atoms with Crippen LogP contribution >= 0.6 is 0 Å². The van der Waals surface area contributed by atoms with Gasteiger partial charge in [-0.3, -0.25) is 10.1 Å². The molecule has 0 atom stereocenters. The molecule has 0 aliphatic heterocycles. The molecule has 24 heavy (non-hydrogen) atoms. The molecule has 0 spiro atoms. The topological polar surface area (TPSA) is 60.1 Å². The van der Waals surface area contributed by atoms with Gasteiger partial charge in [-0.25, -0.2) is 0 Å². The van der Waals surface area contributed by atoms with Gasteiger partial charge in [0, 0.05) is 40.9 Å². The van der Waals surface area contributed by atoms with Gasteiger partial charge in [-0.15, -0.1) is 0 Å². The molecule has 0 aliphatic rings. The average Bonchev–Trinajstić information content (AvgIpc) is 2.88. The van der Waals surface area contributed by atoms with Gasteiger partial charge in [-0.2, -0.15) is 0 Å². The number of hydrogen-bond acceptors (Lipinski definition) is 3. The minimum absolute atomic E-state index is 0.0224. The van der Waals surface area contributed by atoms with Crippen LogP contribution in [0.4, 0.5) is 5.82 Å². The smallest absolute Gasteiger partial charge is 0.208 e. The van der Waals surface area contributed by atoms with E-state index in [4.69, 9.17) is 0 Å². The van der Waals surface area contributed by atoms with E-state index in [9.17, 15) is 10.1 Å². The first-order chi connectivity index (χ1) is 11.7. The van der Waals surface area contributed by atoms with Crippen molar-refractivity contribution in [3.63, 3.8) is 0 Å². The molecule has 0 saturated heterocycles. The number of unbranched alkanes of at least 4 members (excludes halogenated alkanes) is 3. The van der Waals surface area contributed by atoms with E-state index in [0.29, 0.717) is 6.42 Å². The maximum absolute atomic E-state index is 10.9. The van der Waals surface area contributed by atoms with Crippen LogP contribution in [0.5, 0.6) is 0 Å². The van der Waals surface area contributed by atoms with E-state index in [1.54, 1.807) is 0 Å². The Morgan fingerprint density at radius 2 is 1.88 bits per heavy atom. The standard InChI is InChI=1S/C19H29N3O2/c1-3-5-9-13-20-19-17(12-15-22(23)24)16-10-7-8-11-18(16)21(19)14-6-4-2/h7-8,10-11,20H,3-6,9,12-15H2,1-2H3. The van der Waals surface area contributed by atoms with Gasteiger partial charge in [-0.1, -0.05) is 51.3 Å². The molecule has 0 amide bonds. The number of aryl methyl sites for hydroxylation is 1. The Morgan fingerprint density at radius 3 is 2.58 bits per heavy atom. The Balaban J connectivity index is 2.37. The van der Waals surface area contributed by atoms with Crippen molar-refractivity contribution in [2.45, 2.75) is 58.9 Å². The summed E-state index contributed by atoms with van der Waals surface area (Å²) in [5.41, 5.74) is 2.28. The van der Waals surface area contributed by atoms with Crippen LogP contribution in [0.15, 0.2) is 24.3 Å². The summed E-state index contributed by atoms with van der Waals surface area (Å²) in [4.78, 5) is 10.7. The Hall–Kier alpha value is -2.04. The lowest BCUT2D eigenvalue weighted by Gasteiger charge is -2.14. The predicted octanol–water partition coefficient (Wildman–Crippen LogP) is 4.86. The van der Waals surface area contributed by atoms with Crippen molar-refractivity contribution >= 4 is 16.7 Å². The minimum atomic E-state index is -0.223. The third kappa shape index (κ3) is 4.49. The van der Waals surface area contributed by atoms with Crippen molar-refractivity contribution in [1.82, 2.24) is 4.57 Å². The lowest BCUT2D eigenvalue weighted by Crippen LogP contribution is -2.11. The Morgan fingerprint density at radius 1 is 1.12 bits per heavy atom. The fourth-order valence-corrected chi connectivity index (χ4v) is 3.16. The molecule has 0 saturated carbocycles.